The monoisotopic (exact) mass is 221 g/mol. The molecule has 2 aliphatic rings. The molecule has 0 spiro atoms. The molecule has 2 heterocycles. The van der Waals surface area contributed by atoms with Crippen molar-refractivity contribution in [2.45, 2.75) is 43.6 Å². The quantitative estimate of drug-likeness (QED) is 0.798. The lowest BCUT2D eigenvalue weighted by Gasteiger charge is -2.20. The molecule has 88 valence electrons. The highest BCUT2D eigenvalue weighted by atomic mass is 16.5. The first kappa shape index (κ1) is 10.3. The first-order valence-electron chi connectivity index (χ1n) is 6.20. The van der Waals surface area contributed by atoms with Crippen LogP contribution in [0.3, 0.4) is 0 Å². The second kappa shape index (κ2) is 3.86. The van der Waals surface area contributed by atoms with Crippen molar-refractivity contribution in [1.29, 1.82) is 0 Å². The second-order valence-corrected chi connectivity index (χ2v) is 5.11. The average Bonchev–Trinajstić information content (AvgIpc) is 2.98. The first-order chi connectivity index (χ1) is 7.78. The Morgan fingerprint density at radius 3 is 2.94 bits per heavy atom. The summed E-state index contributed by atoms with van der Waals surface area (Å²) in [6, 6.07) is 0. The van der Waals surface area contributed by atoms with Crippen LogP contribution in [0.15, 0.2) is 6.20 Å². The van der Waals surface area contributed by atoms with Gasteiger partial charge in [0.1, 0.15) is 5.82 Å². The molecule has 4 heteroatoms. The molecule has 0 aromatic carbocycles. The van der Waals surface area contributed by atoms with Crippen molar-refractivity contribution in [3.05, 3.63) is 17.7 Å². The molecule has 1 aromatic heterocycles. The van der Waals surface area contributed by atoms with Crippen molar-refractivity contribution in [2.24, 2.45) is 5.73 Å². The molecule has 0 bridgehead atoms. The van der Waals surface area contributed by atoms with Gasteiger partial charge >= 0.3 is 0 Å². The Morgan fingerprint density at radius 2 is 2.25 bits per heavy atom. The Balaban J connectivity index is 1.81. The van der Waals surface area contributed by atoms with E-state index in [1.54, 1.807) is 0 Å². The molecule has 0 amide bonds. The maximum atomic E-state index is 6.37. The molecule has 0 radical (unpaired) electrons. The van der Waals surface area contributed by atoms with Gasteiger partial charge in [-0.05, 0) is 19.3 Å². The number of nitrogens with two attached hydrogens (primary N) is 1. The Kier molecular flexibility index (Phi) is 2.48. The van der Waals surface area contributed by atoms with Crippen LogP contribution in [0.1, 0.15) is 49.5 Å². The molecular formula is C12H19N3O. The van der Waals surface area contributed by atoms with Gasteiger partial charge in [-0.3, -0.25) is 0 Å². The molecule has 3 N–H and O–H groups in total. The zero-order chi connectivity index (χ0) is 11.0. The van der Waals surface area contributed by atoms with E-state index in [2.05, 4.69) is 9.97 Å². The molecule has 1 saturated carbocycles. The van der Waals surface area contributed by atoms with Crippen molar-refractivity contribution in [1.82, 2.24) is 9.97 Å². The third-order valence-electron chi connectivity index (χ3n) is 3.93. The van der Waals surface area contributed by atoms with E-state index in [1.807, 2.05) is 6.20 Å². The Bertz CT molecular complexity index is 362. The maximum Gasteiger partial charge on any atom is 0.126 e. The number of imidazole rings is 1. The highest BCUT2D eigenvalue weighted by Gasteiger charge is 2.34. The van der Waals surface area contributed by atoms with E-state index in [9.17, 15) is 0 Å². The van der Waals surface area contributed by atoms with Gasteiger partial charge in [0.25, 0.3) is 0 Å². The molecule has 1 saturated heterocycles. The van der Waals surface area contributed by atoms with Crippen LogP contribution in [0, 0.1) is 0 Å². The minimum atomic E-state index is -0.197. The van der Waals surface area contributed by atoms with Crippen LogP contribution in [-0.2, 0) is 10.3 Å². The Hall–Kier alpha value is -0.870. The van der Waals surface area contributed by atoms with Crippen molar-refractivity contribution >= 4 is 0 Å². The lowest BCUT2D eigenvalue weighted by atomic mass is 9.98. The first-order valence-corrected chi connectivity index (χ1v) is 6.20. The minimum absolute atomic E-state index is 0.197. The van der Waals surface area contributed by atoms with Gasteiger partial charge in [-0.2, -0.15) is 0 Å². The lowest BCUT2D eigenvalue weighted by molar-refractivity contribution is 0.193. The van der Waals surface area contributed by atoms with Gasteiger partial charge in [-0.1, -0.05) is 12.8 Å². The van der Waals surface area contributed by atoms with E-state index in [1.165, 1.54) is 18.5 Å². The van der Waals surface area contributed by atoms with E-state index < -0.39 is 0 Å². The fourth-order valence-corrected chi connectivity index (χ4v) is 2.82. The number of nitrogens with one attached hydrogen (secondary N) is 1. The van der Waals surface area contributed by atoms with Crippen LogP contribution in [0.5, 0.6) is 0 Å². The minimum Gasteiger partial charge on any atom is -0.381 e. The summed E-state index contributed by atoms with van der Waals surface area (Å²) in [6.45, 7) is 1.69. The lowest BCUT2D eigenvalue weighted by Crippen LogP contribution is -2.34. The molecule has 16 heavy (non-hydrogen) atoms. The topological polar surface area (TPSA) is 63.9 Å². The zero-order valence-corrected chi connectivity index (χ0v) is 9.54. The van der Waals surface area contributed by atoms with Crippen LogP contribution in [0.25, 0.3) is 0 Å². The number of aromatic amines is 1. The van der Waals surface area contributed by atoms with Crippen molar-refractivity contribution in [2.75, 3.05) is 13.2 Å². The van der Waals surface area contributed by atoms with Crippen molar-refractivity contribution in [3.63, 3.8) is 0 Å². The summed E-state index contributed by atoms with van der Waals surface area (Å²) in [7, 11) is 0. The fraction of sp³-hybridized carbons (Fsp3) is 0.750. The number of nitrogens with zero attached hydrogens (tertiary/aromatic N) is 1. The number of H-pyrrole nitrogens is 1. The molecule has 1 aliphatic heterocycles. The third kappa shape index (κ3) is 1.66. The van der Waals surface area contributed by atoms with Gasteiger partial charge < -0.3 is 15.5 Å². The van der Waals surface area contributed by atoms with Crippen LogP contribution in [-0.4, -0.2) is 23.2 Å². The predicted molar refractivity (Wildman–Crippen MR) is 61.1 cm³/mol. The second-order valence-electron chi connectivity index (χ2n) is 5.11. The summed E-state index contributed by atoms with van der Waals surface area (Å²) in [5, 5.41) is 0. The van der Waals surface area contributed by atoms with E-state index >= 15 is 0 Å². The van der Waals surface area contributed by atoms with Gasteiger partial charge in [-0.15, -0.1) is 0 Å². The summed E-state index contributed by atoms with van der Waals surface area (Å²) < 4.78 is 5.39. The fourth-order valence-electron chi connectivity index (χ4n) is 2.82. The summed E-state index contributed by atoms with van der Waals surface area (Å²) >= 11 is 0. The smallest absolute Gasteiger partial charge is 0.126 e. The maximum absolute atomic E-state index is 6.37. The molecule has 2 fully saturated rings. The molecule has 1 aliphatic carbocycles. The van der Waals surface area contributed by atoms with E-state index in [0.717, 1.165) is 38.3 Å². The summed E-state index contributed by atoms with van der Waals surface area (Å²) in [6.07, 6.45) is 7.60. The predicted octanol–water partition coefficient (Wildman–Crippen LogP) is 1.64. The van der Waals surface area contributed by atoms with E-state index in [0.29, 0.717) is 5.92 Å². The van der Waals surface area contributed by atoms with Crippen LogP contribution in [0.2, 0.25) is 0 Å². The van der Waals surface area contributed by atoms with E-state index in [4.69, 9.17) is 10.5 Å². The van der Waals surface area contributed by atoms with Gasteiger partial charge in [0, 0.05) is 24.4 Å². The van der Waals surface area contributed by atoms with E-state index in [-0.39, 0.29) is 5.54 Å². The molecular weight excluding hydrogens is 202 g/mol. The number of rotatable bonds is 2. The number of hydrogen-bond donors (Lipinski definition) is 2. The summed E-state index contributed by atoms with van der Waals surface area (Å²) in [4.78, 5) is 7.90. The summed E-state index contributed by atoms with van der Waals surface area (Å²) in [5.74, 6) is 1.47. The number of aromatic nitrogens is 2. The van der Waals surface area contributed by atoms with Crippen LogP contribution < -0.4 is 5.73 Å². The standard InChI is InChI=1S/C12H19N3O/c13-12(4-1-2-5-12)11-14-7-10(15-11)9-3-6-16-8-9/h7,9H,1-6,8,13H2,(H,14,15). The summed E-state index contributed by atoms with van der Waals surface area (Å²) in [5.41, 5.74) is 7.37. The normalized spacial score (nSPS) is 28.7. The molecule has 1 unspecified atom stereocenters. The molecule has 4 nitrogen and oxygen atoms in total. The molecule has 3 rings (SSSR count). The van der Waals surface area contributed by atoms with Gasteiger partial charge in [-0.25, -0.2) is 4.98 Å². The molecule has 1 aromatic rings. The zero-order valence-electron chi connectivity index (χ0n) is 9.54. The van der Waals surface area contributed by atoms with Crippen molar-refractivity contribution in [3.8, 4) is 0 Å². The SMILES string of the molecule is NC1(c2ncc(C3CCOC3)[nH]2)CCCC1. The molecule has 1 atom stereocenters. The number of hydrogen-bond acceptors (Lipinski definition) is 3. The third-order valence-corrected chi connectivity index (χ3v) is 3.93. The number of ether oxygens (including phenoxy) is 1. The van der Waals surface area contributed by atoms with Gasteiger partial charge in [0.05, 0.1) is 12.1 Å². The Labute approximate surface area is 95.6 Å². The highest BCUT2D eigenvalue weighted by molar-refractivity contribution is 5.15. The highest BCUT2D eigenvalue weighted by Crippen LogP contribution is 2.35. The van der Waals surface area contributed by atoms with Crippen molar-refractivity contribution < 1.29 is 4.74 Å². The van der Waals surface area contributed by atoms with Gasteiger partial charge in [0.2, 0.25) is 0 Å². The average molecular weight is 221 g/mol. The Morgan fingerprint density at radius 1 is 1.44 bits per heavy atom. The van der Waals surface area contributed by atoms with Gasteiger partial charge in [0.15, 0.2) is 0 Å². The van der Waals surface area contributed by atoms with Crippen LogP contribution >= 0.6 is 0 Å². The van der Waals surface area contributed by atoms with Crippen LogP contribution in [0.4, 0.5) is 0 Å². The largest absolute Gasteiger partial charge is 0.381 e.